The van der Waals surface area contributed by atoms with E-state index in [-0.39, 0.29) is 17.5 Å². The molecule has 13 nitrogen and oxygen atoms in total. The Hall–Kier alpha value is -3.07. The third-order valence-corrected chi connectivity index (χ3v) is 5.39. The van der Waals surface area contributed by atoms with Crippen LogP contribution in [-0.2, 0) is 14.3 Å². The molecule has 1 saturated heterocycles. The minimum atomic E-state index is -2.55. The fraction of sp³-hybridized carbons (Fsp3) is 0.476. The van der Waals surface area contributed by atoms with E-state index in [1.807, 2.05) is 0 Å². The fourth-order valence-corrected chi connectivity index (χ4v) is 3.79. The molecule has 2 heterocycles. The molecule has 0 aliphatic carbocycles. The molecule has 3 rings (SSSR count). The van der Waals surface area contributed by atoms with Crippen LogP contribution in [0.3, 0.4) is 0 Å². The number of carbonyl (C=O) groups excluding carboxylic acids is 1. The quantitative estimate of drug-likeness (QED) is 0.230. The normalized spacial score (nSPS) is 26.2. The van der Waals surface area contributed by atoms with Gasteiger partial charge in [-0.1, -0.05) is 0 Å². The zero-order valence-corrected chi connectivity index (χ0v) is 18.5. The first kappa shape index (κ1) is 27.2. The molecule has 13 heteroatoms. The van der Waals surface area contributed by atoms with E-state index in [9.17, 15) is 39.9 Å². The highest BCUT2D eigenvalue weighted by Crippen LogP contribution is 2.35. The molecule has 9 N–H and O–H groups in total. The predicted octanol–water partition coefficient (Wildman–Crippen LogP) is -1.21. The first-order valence-corrected chi connectivity index (χ1v) is 10.0. The number of aliphatic carboxylic acids is 1. The van der Waals surface area contributed by atoms with E-state index in [1.54, 1.807) is 13.0 Å². The van der Waals surface area contributed by atoms with Crippen molar-refractivity contribution in [3.8, 4) is 5.75 Å². The fourth-order valence-electron chi connectivity index (χ4n) is 3.79. The van der Waals surface area contributed by atoms with Gasteiger partial charge in [0.05, 0.1) is 25.2 Å². The third kappa shape index (κ3) is 5.35. The Morgan fingerprint density at radius 3 is 2.56 bits per heavy atom. The summed E-state index contributed by atoms with van der Waals surface area (Å²) >= 11 is 0. The van der Waals surface area contributed by atoms with Gasteiger partial charge in [0.25, 0.3) is 0 Å². The number of aliphatic hydroxyl groups is 4. The summed E-state index contributed by atoms with van der Waals surface area (Å²) in [5.41, 5.74) is 0.135. The van der Waals surface area contributed by atoms with Gasteiger partial charge in [0, 0.05) is 24.4 Å². The molecule has 0 spiro atoms. The van der Waals surface area contributed by atoms with Gasteiger partial charge in [0.2, 0.25) is 5.91 Å². The maximum absolute atomic E-state index is 12.2. The lowest BCUT2D eigenvalue weighted by Crippen LogP contribution is -2.68. The van der Waals surface area contributed by atoms with Crippen molar-refractivity contribution in [2.24, 2.45) is 0 Å². The average molecular weight is 484 g/mol. The zero-order valence-electron chi connectivity index (χ0n) is 18.5. The van der Waals surface area contributed by atoms with E-state index in [2.05, 4.69) is 5.32 Å². The minimum Gasteiger partial charge on any atom is -0.476 e. The Balaban J connectivity index is 0.00000408. The van der Waals surface area contributed by atoms with E-state index < -0.39 is 66.8 Å². The van der Waals surface area contributed by atoms with Gasteiger partial charge < -0.3 is 50.9 Å². The van der Waals surface area contributed by atoms with Crippen LogP contribution in [0.4, 0.5) is 0 Å². The van der Waals surface area contributed by atoms with Crippen LogP contribution < -0.4 is 21.8 Å². The molecule has 1 aliphatic heterocycles. The lowest BCUT2D eigenvalue weighted by atomic mass is 9.88. The number of hydrogen-bond donors (Lipinski definition) is 7. The number of amides is 1. The van der Waals surface area contributed by atoms with Crippen molar-refractivity contribution in [3.05, 3.63) is 40.2 Å². The molecule has 1 aromatic heterocycles. The highest BCUT2D eigenvalue weighted by atomic mass is 16.7. The smallest absolute Gasteiger partial charge is 0.377 e. The second-order valence-electron chi connectivity index (χ2n) is 7.89. The van der Waals surface area contributed by atoms with Crippen LogP contribution in [0.25, 0.3) is 11.0 Å². The van der Waals surface area contributed by atoms with Crippen molar-refractivity contribution in [1.82, 2.24) is 11.5 Å². The molecule has 34 heavy (non-hydrogen) atoms. The molecule has 188 valence electrons. The number of benzene rings is 1. The standard InChI is InChI=1S/C21H25NO11.H3N/c1-9-5-16(27)31-15-6-11(3-4-12(9)15)32-21(20(29)30)7-13(25)17(22-10(2)24)19(33-21)18(28)14(26)8-23;/h3-6,13-14,17-19,23,25-26,28H,7-8H2,1-2H3,(H,22,24)(H,29,30);1H3/t13-,14+,17+,18+,19+,21+;/m0./s1. The highest BCUT2D eigenvalue weighted by molar-refractivity contribution is 5.82. The highest BCUT2D eigenvalue weighted by Gasteiger charge is 2.56. The van der Waals surface area contributed by atoms with Crippen molar-refractivity contribution in [1.29, 1.82) is 0 Å². The largest absolute Gasteiger partial charge is 0.476 e. The summed E-state index contributed by atoms with van der Waals surface area (Å²) in [6.07, 6.45) is -7.56. The number of carboxylic acids is 1. The average Bonchev–Trinajstić information content (AvgIpc) is 2.73. The number of carbonyl (C=O) groups is 2. The lowest BCUT2D eigenvalue weighted by Gasteiger charge is -2.46. The molecule has 1 aromatic carbocycles. The Kier molecular flexibility index (Phi) is 8.36. The summed E-state index contributed by atoms with van der Waals surface area (Å²) in [5.74, 6) is -4.90. The number of aliphatic hydroxyl groups excluding tert-OH is 4. The van der Waals surface area contributed by atoms with E-state index >= 15 is 0 Å². The van der Waals surface area contributed by atoms with Crippen LogP contribution in [0, 0.1) is 6.92 Å². The maximum atomic E-state index is 12.2. The first-order valence-electron chi connectivity index (χ1n) is 10.0. The number of nitrogens with one attached hydrogen (secondary N) is 1. The number of aryl methyl sites for hydroxylation is 1. The zero-order chi connectivity index (χ0) is 24.5. The van der Waals surface area contributed by atoms with Crippen LogP contribution in [0.2, 0.25) is 0 Å². The topological polar surface area (TPSA) is 231 Å². The summed E-state index contributed by atoms with van der Waals surface area (Å²) in [5, 5.41) is 53.0. The Morgan fingerprint density at radius 2 is 1.97 bits per heavy atom. The molecule has 1 amide bonds. The Morgan fingerprint density at radius 1 is 1.29 bits per heavy atom. The number of carboxylic acid groups (broad SMARTS) is 1. The molecule has 0 saturated carbocycles. The number of rotatable bonds is 7. The van der Waals surface area contributed by atoms with E-state index in [1.165, 1.54) is 18.2 Å². The van der Waals surface area contributed by atoms with E-state index in [4.69, 9.17) is 13.9 Å². The van der Waals surface area contributed by atoms with Crippen LogP contribution in [0.15, 0.2) is 33.5 Å². The number of fused-ring (bicyclic) bond motifs is 1. The summed E-state index contributed by atoms with van der Waals surface area (Å²) in [6.45, 7) is 1.94. The monoisotopic (exact) mass is 484 g/mol. The van der Waals surface area contributed by atoms with Gasteiger partial charge in [-0.05, 0) is 24.6 Å². The van der Waals surface area contributed by atoms with E-state index in [0.717, 1.165) is 6.92 Å². The van der Waals surface area contributed by atoms with Crippen molar-refractivity contribution in [2.45, 2.75) is 56.5 Å². The summed E-state index contributed by atoms with van der Waals surface area (Å²) in [6, 6.07) is 4.21. The molecular formula is C21H28N2O11. The van der Waals surface area contributed by atoms with Gasteiger partial charge in [0.1, 0.15) is 29.6 Å². The molecule has 0 unspecified atom stereocenters. The van der Waals surface area contributed by atoms with Gasteiger partial charge in [-0.2, -0.15) is 0 Å². The second kappa shape index (κ2) is 10.5. The van der Waals surface area contributed by atoms with Crippen LogP contribution in [0.5, 0.6) is 5.75 Å². The molecule has 0 radical (unpaired) electrons. The van der Waals surface area contributed by atoms with Gasteiger partial charge >= 0.3 is 17.4 Å². The van der Waals surface area contributed by atoms with Crippen molar-refractivity contribution in [3.63, 3.8) is 0 Å². The van der Waals surface area contributed by atoms with Gasteiger partial charge in [-0.3, -0.25) is 4.79 Å². The van der Waals surface area contributed by atoms with Gasteiger partial charge in [-0.25, -0.2) is 9.59 Å². The van der Waals surface area contributed by atoms with E-state index in [0.29, 0.717) is 10.9 Å². The summed E-state index contributed by atoms with van der Waals surface area (Å²) < 4.78 is 16.3. The van der Waals surface area contributed by atoms with Crippen LogP contribution >= 0.6 is 0 Å². The first-order chi connectivity index (χ1) is 15.5. The molecule has 0 bridgehead atoms. The SMILES string of the molecule is CC(=O)N[C@H]1[C@H]([C@H](O)[C@H](O)CO)O[C@@](Oc2ccc3c(C)cc(=O)oc3c2)(C(=O)O)C[C@@H]1O.N. The molecule has 6 atom stereocenters. The van der Waals surface area contributed by atoms with Crippen molar-refractivity contribution >= 4 is 22.8 Å². The number of ether oxygens (including phenoxy) is 2. The maximum Gasteiger partial charge on any atom is 0.377 e. The second-order valence-corrected chi connectivity index (χ2v) is 7.89. The minimum absolute atomic E-state index is 0. The van der Waals surface area contributed by atoms with Crippen molar-refractivity contribution < 1.29 is 49.0 Å². The molecule has 1 aliphatic rings. The van der Waals surface area contributed by atoms with Crippen LogP contribution in [-0.4, -0.2) is 80.3 Å². The molecular weight excluding hydrogens is 456 g/mol. The lowest BCUT2D eigenvalue weighted by molar-refractivity contribution is -0.284. The predicted molar refractivity (Wildman–Crippen MR) is 115 cm³/mol. The van der Waals surface area contributed by atoms with Crippen LogP contribution in [0.1, 0.15) is 18.9 Å². The summed E-state index contributed by atoms with van der Waals surface area (Å²) in [7, 11) is 0. The molecule has 1 fully saturated rings. The Labute approximate surface area is 193 Å². The Bertz CT molecular complexity index is 1100. The number of hydrogen-bond acceptors (Lipinski definition) is 11. The third-order valence-electron chi connectivity index (χ3n) is 5.39. The van der Waals surface area contributed by atoms with Crippen molar-refractivity contribution in [2.75, 3.05) is 6.61 Å². The summed E-state index contributed by atoms with van der Waals surface area (Å²) in [4.78, 5) is 35.5. The molecule has 2 aromatic rings. The van der Waals surface area contributed by atoms with Gasteiger partial charge in [0.15, 0.2) is 0 Å². The van der Waals surface area contributed by atoms with Gasteiger partial charge in [-0.15, -0.1) is 0 Å².